The number of nitrogens with zero attached hydrogens (tertiary/aromatic N) is 3. The van der Waals surface area contributed by atoms with Gasteiger partial charge < -0.3 is 4.90 Å². The minimum Gasteiger partial charge on any atom is -0.383 e. The number of carbonyl (C=O) groups is 1. The molecule has 3 aromatic rings. The van der Waals surface area contributed by atoms with Crippen LogP contribution < -0.4 is 0 Å². The van der Waals surface area contributed by atoms with Gasteiger partial charge in [-0.1, -0.05) is 29.8 Å². The van der Waals surface area contributed by atoms with E-state index in [-0.39, 0.29) is 21.4 Å². The van der Waals surface area contributed by atoms with Gasteiger partial charge in [-0.15, -0.1) is 0 Å². The van der Waals surface area contributed by atoms with E-state index in [1.807, 2.05) is 6.92 Å². The Kier molecular flexibility index (Phi) is 5.25. The number of nitro groups is 1. The molecule has 29 heavy (non-hydrogen) atoms. The Bertz CT molecular complexity index is 1240. The molecule has 0 radical (unpaired) electrons. The van der Waals surface area contributed by atoms with Gasteiger partial charge in [-0.2, -0.15) is 0 Å². The Labute approximate surface area is 167 Å². The first-order chi connectivity index (χ1) is 13.6. The maximum Gasteiger partial charge on any atom is 0.294 e. The zero-order valence-corrected chi connectivity index (χ0v) is 16.9. The van der Waals surface area contributed by atoms with Gasteiger partial charge in [0.25, 0.3) is 15.7 Å². The van der Waals surface area contributed by atoms with Crippen LogP contribution in [0, 0.1) is 17.0 Å². The lowest BCUT2D eigenvalue weighted by molar-refractivity contribution is -0.383. The number of hydrogen-bond donors (Lipinski definition) is 0. The number of benzene rings is 2. The van der Waals surface area contributed by atoms with E-state index >= 15 is 0 Å². The van der Waals surface area contributed by atoms with Crippen LogP contribution >= 0.6 is 0 Å². The highest BCUT2D eigenvalue weighted by atomic mass is 32.2. The minimum absolute atomic E-state index is 0.0269. The average Bonchev–Trinajstić information content (AvgIpc) is 3.07. The topological polar surface area (TPSA) is 103 Å². The van der Waals surface area contributed by atoms with Gasteiger partial charge >= 0.3 is 0 Å². The number of fused-ring (bicyclic) bond motifs is 1. The molecule has 3 rings (SSSR count). The molecule has 150 valence electrons. The Morgan fingerprint density at radius 2 is 1.79 bits per heavy atom. The summed E-state index contributed by atoms with van der Waals surface area (Å²) in [5.74, 6) is -0.456. The van der Waals surface area contributed by atoms with Crippen LogP contribution in [0.5, 0.6) is 0 Å². The van der Waals surface area contributed by atoms with Crippen molar-refractivity contribution in [2.75, 3.05) is 14.1 Å². The van der Waals surface area contributed by atoms with Crippen molar-refractivity contribution in [1.82, 2.24) is 8.87 Å². The molecule has 2 aromatic carbocycles. The van der Waals surface area contributed by atoms with E-state index in [9.17, 15) is 23.3 Å². The van der Waals surface area contributed by atoms with Crippen LogP contribution in [0.4, 0.5) is 5.69 Å². The summed E-state index contributed by atoms with van der Waals surface area (Å²) in [7, 11) is -0.685. The molecule has 0 atom stereocenters. The molecule has 9 heteroatoms. The maximum absolute atomic E-state index is 13.2. The van der Waals surface area contributed by atoms with Crippen molar-refractivity contribution >= 4 is 32.4 Å². The molecule has 0 aliphatic carbocycles. The van der Waals surface area contributed by atoms with E-state index in [4.69, 9.17) is 0 Å². The molecule has 1 aromatic heterocycles. The fourth-order valence-electron chi connectivity index (χ4n) is 2.90. The number of rotatable bonds is 6. The summed E-state index contributed by atoms with van der Waals surface area (Å²) in [5.41, 5.74) is 0.406. The molecule has 0 saturated carbocycles. The van der Waals surface area contributed by atoms with E-state index in [0.29, 0.717) is 0 Å². The van der Waals surface area contributed by atoms with Gasteiger partial charge in [-0.05, 0) is 19.1 Å². The normalized spacial score (nSPS) is 11.8. The molecule has 0 N–H and O–H groups in total. The summed E-state index contributed by atoms with van der Waals surface area (Å²) >= 11 is 0. The van der Waals surface area contributed by atoms with E-state index in [1.165, 1.54) is 42.6 Å². The third kappa shape index (κ3) is 3.77. The van der Waals surface area contributed by atoms with Crippen molar-refractivity contribution in [3.63, 3.8) is 0 Å². The van der Waals surface area contributed by atoms with Gasteiger partial charge in [0.2, 0.25) is 0 Å². The van der Waals surface area contributed by atoms with Gasteiger partial charge in [0, 0.05) is 49.6 Å². The summed E-state index contributed by atoms with van der Waals surface area (Å²) in [5, 5.41) is 11.8. The fourth-order valence-corrected chi connectivity index (χ4v) is 4.28. The Morgan fingerprint density at radius 3 is 2.38 bits per heavy atom. The summed E-state index contributed by atoms with van der Waals surface area (Å²) < 4.78 is 27.3. The quantitative estimate of drug-likeness (QED) is 0.266. The van der Waals surface area contributed by atoms with E-state index in [0.717, 1.165) is 15.7 Å². The molecular weight excluding hydrogens is 394 g/mol. The predicted octanol–water partition coefficient (Wildman–Crippen LogP) is 3.35. The van der Waals surface area contributed by atoms with Crippen molar-refractivity contribution in [2.45, 2.75) is 11.8 Å². The third-order valence-corrected chi connectivity index (χ3v) is 6.01. The molecule has 0 aliphatic rings. The van der Waals surface area contributed by atoms with Gasteiger partial charge in [0.05, 0.1) is 9.82 Å². The number of carbonyl (C=O) groups excluding carboxylic acids is 1. The van der Waals surface area contributed by atoms with Gasteiger partial charge in [-0.25, -0.2) is 12.4 Å². The average molecular weight is 413 g/mol. The predicted molar refractivity (Wildman–Crippen MR) is 110 cm³/mol. The number of non-ortho nitro benzene ring substituents is 1. The van der Waals surface area contributed by atoms with Crippen LogP contribution in [0.2, 0.25) is 0 Å². The summed E-state index contributed by atoms with van der Waals surface area (Å²) in [4.78, 5) is 25.2. The highest BCUT2D eigenvalue weighted by Gasteiger charge is 2.28. The highest BCUT2D eigenvalue weighted by Crippen LogP contribution is 2.33. The SMILES string of the molecule is Cc1ccc(S(=O)(=O)n2cc(C(=O)/C=C/N(C)C)c3cccc([N+](=O)[O-])c32)cc1. The molecule has 8 nitrogen and oxygen atoms in total. The lowest BCUT2D eigenvalue weighted by atomic mass is 10.1. The number of hydrogen-bond acceptors (Lipinski definition) is 6. The van der Waals surface area contributed by atoms with Crippen molar-refractivity contribution in [2.24, 2.45) is 0 Å². The second-order valence-corrected chi connectivity index (χ2v) is 8.55. The number of nitro benzene ring substituents is 1. The smallest absolute Gasteiger partial charge is 0.294 e. The molecule has 0 bridgehead atoms. The van der Waals surface area contributed by atoms with Gasteiger partial charge in [0.15, 0.2) is 5.78 Å². The molecule has 0 fully saturated rings. The lowest BCUT2D eigenvalue weighted by Gasteiger charge is -2.08. The Morgan fingerprint density at radius 1 is 1.14 bits per heavy atom. The monoisotopic (exact) mass is 413 g/mol. The third-order valence-electron chi connectivity index (χ3n) is 4.34. The van der Waals surface area contributed by atoms with Crippen LogP contribution in [0.15, 0.2) is 65.8 Å². The van der Waals surface area contributed by atoms with Gasteiger partial charge in [0.1, 0.15) is 5.52 Å². The first-order valence-corrected chi connectivity index (χ1v) is 10.1. The zero-order valence-electron chi connectivity index (χ0n) is 16.1. The van der Waals surface area contributed by atoms with Crippen molar-refractivity contribution < 1.29 is 18.1 Å². The standard InChI is InChI=1S/C20H19N3O5S/c1-14-7-9-15(10-8-14)29(27,28)22-13-17(19(24)11-12-21(2)3)16-5-4-6-18(20(16)22)23(25)26/h4-13H,1-3H3/b12-11+. The van der Waals surface area contributed by atoms with Crippen LogP contribution in [0.25, 0.3) is 10.9 Å². The number of aryl methyl sites for hydroxylation is 1. The van der Waals surface area contributed by atoms with Crippen LogP contribution in [-0.4, -0.2) is 42.1 Å². The minimum atomic E-state index is -4.16. The van der Waals surface area contributed by atoms with Crippen LogP contribution in [-0.2, 0) is 10.0 Å². The summed E-state index contributed by atoms with van der Waals surface area (Å²) in [6.45, 7) is 1.82. The first-order valence-electron chi connectivity index (χ1n) is 8.62. The maximum atomic E-state index is 13.2. The summed E-state index contributed by atoms with van der Waals surface area (Å²) in [6.07, 6.45) is 3.96. The van der Waals surface area contributed by atoms with E-state index in [2.05, 4.69) is 0 Å². The lowest BCUT2D eigenvalue weighted by Crippen LogP contribution is -2.12. The first kappa shape index (κ1) is 20.3. The van der Waals surface area contributed by atoms with Crippen molar-refractivity contribution in [3.05, 3.63) is 82.2 Å². The second kappa shape index (κ2) is 7.51. The van der Waals surface area contributed by atoms with Crippen LogP contribution in [0.3, 0.4) is 0 Å². The van der Waals surface area contributed by atoms with Crippen LogP contribution in [0.1, 0.15) is 15.9 Å². The molecule has 0 amide bonds. The number of allylic oxidation sites excluding steroid dienone is 1. The molecule has 0 unspecified atom stereocenters. The number of para-hydroxylation sites is 1. The Balaban J connectivity index is 2.33. The second-order valence-electron chi connectivity index (χ2n) is 6.73. The Hall–Kier alpha value is -3.46. The van der Waals surface area contributed by atoms with E-state index in [1.54, 1.807) is 31.1 Å². The number of aromatic nitrogens is 1. The van der Waals surface area contributed by atoms with E-state index < -0.39 is 26.4 Å². The zero-order chi connectivity index (χ0) is 21.3. The summed E-state index contributed by atoms with van der Waals surface area (Å²) in [6, 6.07) is 10.3. The molecule has 1 heterocycles. The van der Waals surface area contributed by atoms with Crippen molar-refractivity contribution in [1.29, 1.82) is 0 Å². The number of ketones is 1. The molecule has 0 saturated heterocycles. The fraction of sp³-hybridized carbons (Fsp3) is 0.150. The van der Waals surface area contributed by atoms with Gasteiger partial charge in [-0.3, -0.25) is 14.9 Å². The molecule has 0 spiro atoms. The largest absolute Gasteiger partial charge is 0.383 e. The molecular formula is C20H19N3O5S. The molecule has 0 aliphatic heterocycles. The van der Waals surface area contributed by atoms with Crippen molar-refractivity contribution in [3.8, 4) is 0 Å². The highest BCUT2D eigenvalue weighted by molar-refractivity contribution is 7.90.